The molecule has 12 heavy (non-hydrogen) atoms. The van der Waals surface area contributed by atoms with Crippen LogP contribution >= 0.6 is 0 Å². The number of allylic oxidation sites excluding steroid dienone is 1. The van der Waals surface area contributed by atoms with Crippen LogP contribution in [0, 0.1) is 7.11 Å². The molecule has 0 aromatic rings. The summed E-state index contributed by atoms with van der Waals surface area (Å²) in [4.78, 5) is 0. The van der Waals surface area contributed by atoms with Gasteiger partial charge in [0.2, 0.25) is 0 Å². The highest BCUT2D eigenvalue weighted by Crippen LogP contribution is 2.06. The van der Waals surface area contributed by atoms with Crippen LogP contribution in [0.2, 0.25) is 0 Å². The van der Waals surface area contributed by atoms with Gasteiger partial charge in [-0.25, -0.2) is 0 Å². The largest absolute Gasteiger partial charge is 0.498 e. The maximum Gasteiger partial charge on any atom is 0.121 e. The Balaban J connectivity index is 2.86. The topological polar surface area (TPSA) is 9.23 Å². The molecule has 1 radical (unpaired) electrons. The number of hydrogen-bond acceptors (Lipinski definition) is 1. The average Bonchev–Trinajstić information content (AvgIpc) is 2.10. The summed E-state index contributed by atoms with van der Waals surface area (Å²) in [5, 5.41) is 0. The Kier molecular flexibility index (Phi) is 10.1. The molecular weight excluding hydrogens is 148 g/mol. The van der Waals surface area contributed by atoms with E-state index < -0.39 is 0 Å². The van der Waals surface area contributed by atoms with Crippen LogP contribution in [0.25, 0.3) is 0 Å². The molecule has 0 bridgehead atoms. The lowest BCUT2D eigenvalue weighted by atomic mass is 10.1. The fourth-order valence-corrected chi connectivity index (χ4v) is 1.18. The zero-order chi connectivity index (χ0) is 9.07. The first-order valence-corrected chi connectivity index (χ1v) is 4.97. The van der Waals surface area contributed by atoms with Gasteiger partial charge in [-0.15, -0.1) is 0 Å². The van der Waals surface area contributed by atoms with Crippen molar-refractivity contribution in [3.63, 3.8) is 0 Å². The molecule has 1 heteroatoms. The van der Waals surface area contributed by atoms with Gasteiger partial charge in [-0.3, -0.25) is 0 Å². The van der Waals surface area contributed by atoms with Gasteiger partial charge in [-0.05, 0) is 18.9 Å². The van der Waals surface area contributed by atoms with E-state index in [0.717, 1.165) is 6.42 Å². The van der Waals surface area contributed by atoms with Crippen LogP contribution in [0.15, 0.2) is 12.3 Å². The van der Waals surface area contributed by atoms with E-state index in [0.29, 0.717) is 0 Å². The summed E-state index contributed by atoms with van der Waals surface area (Å²) in [6.07, 6.45) is 12.9. The molecule has 0 aliphatic rings. The van der Waals surface area contributed by atoms with Crippen molar-refractivity contribution in [2.75, 3.05) is 0 Å². The Morgan fingerprint density at radius 1 is 1.08 bits per heavy atom. The molecule has 0 atom stereocenters. The van der Waals surface area contributed by atoms with E-state index in [1.165, 1.54) is 38.5 Å². The molecule has 0 fully saturated rings. The van der Waals surface area contributed by atoms with Crippen LogP contribution in [0.3, 0.4) is 0 Å². The third kappa shape index (κ3) is 9.54. The smallest absolute Gasteiger partial charge is 0.121 e. The molecule has 0 aliphatic heterocycles. The number of ether oxygens (including phenoxy) is 1. The molecule has 0 unspecified atom stereocenters. The summed E-state index contributed by atoms with van der Waals surface area (Å²) in [6, 6.07) is 0. The second kappa shape index (κ2) is 10.5. The van der Waals surface area contributed by atoms with Gasteiger partial charge in [0.1, 0.15) is 7.11 Å². The summed E-state index contributed by atoms with van der Waals surface area (Å²) in [7, 11) is 3.26. The van der Waals surface area contributed by atoms with Crippen LogP contribution in [-0.4, -0.2) is 0 Å². The Hall–Kier alpha value is -0.460. The van der Waals surface area contributed by atoms with Gasteiger partial charge >= 0.3 is 0 Å². The van der Waals surface area contributed by atoms with E-state index in [9.17, 15) is 0 Å². The van der Waals surface area contributed by atoms with E-state index in [4.69, 9.17) is 0 Å². The fraction of sp³-hybridized carbons (Fsp3) is 0.727. The monoisotopic (exact) mass is 169 g/mol. The van der Waals surface area contributed by atoms with Gasteiger partial charge in [-0.1, -0.05) is 39.0 Å². The van der Waals surface area contributed by atoms with Crippen LogP contribution in [-0.2, 0) is 4.74 Å². The standard InChI is InChI=1S/C11H21O/c1-3-4-5-6-7-8-9-10-11-12-2/h10-11H,2-9H2,1H3/b11-10+. The third-order valence-electron chi connectivity index (χ3n) is 1.92. The van der Waals surface area contributed by atoms with Gasteiger partial charge in [0.05, 0.1) is 6.26 Å². The van der Waals surface area contributed by atoms with E-state index in [-0.39, 0.29) is 0 Å². The Morgan fingerprint density at radius 2 is 1.75 bits per heavy atom. The maximum absolute atomic E-state index is 4.56. The Labute approximate surface area is 76.8 Å². The van der Waals surface area contributed by atoms with Gasteiger partial charge in [-0.2, -0.15) is 0 Å². The lowest BCUT2D eigenvalue weighted by Crippen LogP contribution is -1.77. The number of rotatable bonds is 8. The van der Waals surface area contributed by atoms with Gasteiger partial charge < -0.3 is 4.74 Å². The van der Waals surface area contributed by atoms with Crippen molar-refractivity contribution in [1.29, 1.82) is 0 Å². The fourth-order valence-electron chi connectivity index (χ4n) is 1.18. The molecule has 0 saturated carbocycles. The van der Waals surface area contributed by atoms with Crippen molar-refractivity contribution in [2.45, 2.75) is 51.9 Å². The quantitative estimate of drug-likeness (QED) is 0.393. The van der Waals surface area contributed by atoms with Crippen molar-refractivity contribution >= 4 is 0 Å². The molecule has 0 saturated heterocycles. The van der Waals surface area contributed by atoms with Crippen molar-refractivity contribution < 1.29 is 4.74 Å². The van der Waals surface area contributed by atoms with Gasteiger partial charge in [0.25, 0.3) is 0 Å². The van der Waals surface area contributed by atoms with E-state index >= 15 is 0 Å². The highest BCUT2D eigenvalue weighted by Gasteiger charge is 1.87. The highest BCUT2D eigenvalue weighted by atomic mass is 16.5. The highest BCUT2D eigenvalue weighted by molar-refractivity contribution is 4.72. The normalized spacial score (nSPS) is 10.8. The molecule has 1 nitrogen and oxygen atoms in total. The molecule has 0 heterocycles. The summed E-state index contributed by atoms with van der Waals surface area (Å²) in [6.45, 7) is 2.24. The minimum atomic E-state index is 1.13. The van der Waals surface area contributed by atoms with Crippen LogP contribution in [0.5, 0.6) is 0 Å². The van der Waals surface area contributed by atoms with Gasteiger partial charge in [0, 0.05) is 0 Å². The molecule has 71 valence electrons. The summed E-state index contributed by atoms with van der Waals surface area (Å²) in [5.74, 6) is 0. The Morgan fingerprint density at radius 3 is 2.42 bits per heavy atom. The third-order valence-corrected chi connectivity index (χ3v) is 1.92. The predicted molar refractivity (Wildman–Crippen MR) is 53.6 cm³/mol. The lowest BCUT2D eigenvalue weighted by Gasteiger charge is -1.97. The lowest BCUT2D eigenvalue weighted by molar-refractivity contribution is 0.391. The van der Waals surface area contributed by atoms with E-state index in [1.54, 1.807) is 6.26 Å². The van der Waals surface area contributed by atoms with Crippen molar-refractivity contribution in [3.05, 3.63) is 19.4 Å². The average molecular weight is 169 g/mol. The first kappa shape index (κ1) is 11.5. The molecule has 0 N–H and O–H groups in total. The molecule has 0 aliphatic carbocycles. The molecule has 0 spiro atoms. The van der Waals surface area contributed by atoms with E-state index in [2.05, 4.69) is 18.8 Å². The predicted octanol–water partition coefficient (Wildman–Crippen LogP) is 4.06. The minimum Gasteiger partial charge on any atom is -0.498 e. The SMILES string of the molecule is [CH2]O/C=C/CCCCCCCC. The van der Waals surface area contributed by atoms with Crippen LogP contribution in [0.4, 0.5) is 0 Å². The number of hydrogen-bond donors (Lipinski definition) is 0. The second-order valence-electron chi connectivity index (χ2n) is 3.09. The summed E-state index contributed by atoms with van der Waals surface area (Å²) < 4.78 is 4.56. The first-order valence-electron chi connectivity index (χ1n) is 4.97. The van der Waals surface area contributed by atoms with Crippen molar-refractivity contribution in [1.82, 2.24) is 0 Å². The van der Waals surface area contributed by atoms with Gasteiger partial charge in [0.15, 0.2) is 0 Å². The molecular formula is C11H21O. The maximum atomic E-state index is 4.56. The van der Waals surface area contributed by atoms with Crippen LogP contribution < -0.4 is 0 Å². The van der Waals surface area contributed by atoms with Crippen LogP contribution in [0.1, 0.15) is 51.9 Å². The zero-order valence-electron chi connectivity index (χ0n) is 8.22. The van der Waals surface area contributed by atoms with Crippen molar-refractivity contribution in [2.24, 2.45) is 0 Å². The van der Waals surface area contributed by atoms with E-state index in [1.807, 2.05) is 6.08 Å². The first-order chi connectivity index (χ1) is 5.91. The van der Waals surface area contributed by atoms with Crippen molar-refractivity contribution in [3.8, 4) is 0 Å². The molecule has 0 aromatic carbocycles. The molecule has 0 rings (SSSR count). The summed E-state index contributed by atoms with van der Waals surface area (Å²) >= 11 is 0. The molecule has 0 amide bonds. The zero-order valence-corrected chi connectivity index (χ0v) is 8.22. The Bertz CT molecular complexity index is 97.2. The minimum absolute atomic E-state index is 1.13. The molecule has 0 aromatic heterocycles. The number of unbranched alkanes of at least 4 members (excludes halogenated alkanes) is 6. The second-order valence-corrected chi connectivity index (χ2v) is 3.09. The summed E-state index contributed by atoms with van der Waals surface area (Å²) in [5.41, 5.74) is 0.